The number of alkyl halides is 2. The average Bonchev–Trinajstić information content (AvgIpc) is 3.38. The minimum Gasteiger partial charge on any atom is -0.354 e. The van der Waals surface area contributed by atoms with Crippen molar-refractivity contribution < 1.29 is 26.8 Å². The van der Waals surface area contributed by atoms with Crippen LogP contribution in [0.4, 0.5) is 20.3 Å². The zero-order chi connectivity index (χ0) is 32.4. The number of amides is 2. The molecular weight excluding hydrogens is 630 g/mol. The Labute approximate surface area is 264 Å². The first-order chi connectivity index (χ1) is 21.4. The lowest BCUT2D eigenvalue weighted by Gasteiger charge is -2.35. The number of pyridine rings is 2. The second kappa shape index (κ2) is 13.3. The number of nitrogens with one attached hydrogen (secondary N) is 1. The summed E-state index contributed by atoms with van der Waals surface area (Å²) in [6.07, 6.45) is 1.91. The molecule has 3 aromatic rings. The van der Waals surface area contributed by atoms with Crippen LogP contribution < -0.4 is 26.6 Å². The smallest absolute Gasteiger partial charge is 0.315 e. The lowest BCUT2D eigenvalue weighted by atomic mass is 10.0. The molecule has 45 heavy (non-hydrogen) atoms. The van der Waals surface area contributed by atoms with Crippen LogP contribution in [0.15, 0.2) is 59.6 Å². The Morgan fingerprint density at radius 3 is 2.40 bits per heavy atom. The summed E-state index contributed by atoms with van der Waals surface area (Å²) in [5.41, 5.74) is 11.0. The van der Waals surface area contributed by atoms with Gasteiger partial charge in [-0.05, 0) is 61.5 Å². The van der Waals surface area contributed by atoms with E-state index >= 15 is 8.78 Å². The van der Waals surface area contributed by atoms with Gasteiger partial charge in [0.15, 0.2) is 0 Å². The average molecular weight is 663 g/mol. The fraction of sp³-hybridized carbons (Fsp3) is 0.379. The van der Waals surface area contributed by atoms with Crippen molar-refractivity contribution in [3.8, 4) is 0 Å². The Bertz CT molecular complexity index is 1650. The summed E-state index contributed by atoms with van der Waals surface area (Å²) in [5, 5.41) is 2.48. The van der Waals surface area contributed by atoms with Crippen LogP contribution in [0.5, 0.6) is 0 Å². The lowest BCUT2D eigenvalue weighted by molar-refractivity contribution is -0.117. The van der Waals surface area contributed by atoms with Crippen molar-refractivity contribution in [2.75, 3.05) is 55.6 Å². The predicted molar refractivity (Wildman–Crippen MR) is 165 cm³/mol. The van der Waals surface area contributed by atoms with Gasteiger partial charge in [0.25, 0.3) is 5.91 Å². The number of carbonyl (C=O) groups excluding carboxylic acids is 2. The molecule has 2 aromatic heterocycles. The molecule has 2 fully saturated rings. The molecule has 2 aliphatic heterocycles. The topological polar surface area (TPSA) is 168 Å². The number of rotatable bonds is 10. The van der Waals surface area contributed by atoms with E-state index in [1.54, 1.807) is 17.0 Å². The summed E-state index contributed by atoms with van der Waals surface area (Å²) < 4.78 is 59.1. The van der Waals surface area contributed by atoms with E-state index in [0.29, 0.717) is 31.7 Å². The minimum atomic E-state index is -3.85. The van der Waals surface area contributed by atoms with Gasteiger partial charge in [0.2, 0.25) is 15.9 Å². The molecule has 1 aromatic carbocycles. The number of anilines is 2. The van der Waals surface area contributed by atoms with Crippen LogP contribution in [0.1, 0.15) is 34.5 Å². The van der Waals surface area contributed by atoms with Gasteiger partial charge in [0, 0.05) is 69.2 Å². The van der Waals surface area contributed by atoms with Crippen molar-refractivity contribution in [2.45, 2.75) is 29.7 Å². The van der Waals surface area contributed by atoms with Crippen LogP contribution in [0.25, 0.3) is 0 Å². The fourth-order valence-electron chi connectivity index (χ4n) is 5.18. The Kier molecular flexibility index (Phi) is 9.65. The van der Waals surface area contributed by atoms with Crippen molar-refractivity contribution in [1.82, 2.24) is 19.6 Å². The zero-order valence-electron chi connectivity index (χ0n) is 24.2. The number of carbonyl (C=O) groups is 2. The molecule has 0 bridgehead atoms. The van der Waals surface area contributed by atoms with Gasteiger partial charge in [-0.25, -0.2) is 13.4 Å². The van der Waals surface area contributed by atoms with Gasteiger partial charge in [-0.15, -0.1) is 0 Å². The predicted octanol–water partition coefficient (Wildman–Crippen LogP) is 1.92. The van der Waals surface area contributed by atoms with E-state index in [9.17, 15) is 18.0 Å². The van der Waals surface area contributed by atoms with Gasteiger partial charge < -0.3 is 26.6 Å². The van der Waals surface area contributed by atoms with Gasteiger partial charge in [-0.1, -0.05) is 11.6 Å². The fourth-order valence-corrected chi connectivity index (χ4v) is 6.81. The maximum absolute atomic E-state index is 15.6. The quantitative estimate of drug-likeness (QED) is 0.217. The van der Waals surface area contributed by atoms with Crippen LogP contribution >= 0.6 is 11.6 Å². The molecule has 2 saturated heterocycles. The molecule has 0 saturated carbocycles. The Morgan fingerprint density at radius 2 is 1.80 bits per heavy atom. The number of sulfonamides is 1. The number of nitrogens with two attached hydrogens (primary N) is 2. The van der Waals surface area contributed by atoms with E-state index in [1.165, 1.54) is 33.5 Å². The third-order valence-corrected chi connectivity index (χ3v) is 9.77. The molecule has 0 aliphatic carbocycles. The van der Waals surface area contributed by atoms with E-state index in [1.807, 2.05) is 0 Å². The first-order valence-electron chi connectivity index (χ1n) is 14.3. The first kappa shape index (κ1) is 32.6. The maximum atomic E-state index is 15.6. The molecule has 0 spiro atoms. The van der Waals surface area contributed by atoms with Gasteiger partial charge in [0.1, 0.15) is 16.7 Å². The van der Waals surface area contributed by atoms with Crippen molar-refractivity contribution in [2.24, 2.45) is 11.5 Å². The van der Waals surface area contributed by atoms with Gasteiger partial charge in [-0.3, -0.25) is 14.6 Å². The highest BCUT2D eigenvalue weighted by atomic mass is 35.5. The second-order valence-electron chi connectivity index (χ2n) is 10.8. The molecule has 16 heteroatoms. The Balaban J connectivity index is 1.25. The molecule has 5 rings (SSSR count). The number of halogens is 3. The summed E-state index contributed by atoms with van der Waals surface area (Å²) in [6.45, 7) is 1.67. The van der Waals surface area contributed by atoms with Gasteiger partial charge in [-0.2, -0.15) is 13.1 Å². The number of hydrogen-bond donors (Lipinski definition) is 3. The van der Waals surface area contributed by atoms with Crippen LogP contribution in [0.3, 0.4) is 0 Å². The van der Waals surface area contributed by atoms with Gasteiger partial charge in [0.05, 0.1) is 10.5 Å². The summed E-state index contributed by atoms with van der Waals surface area (Å²) in [7, 11) is -3.85. The third kappa shape index (κ3) is 7.07. The monoisotopic (exact) mass is 662 g/mol. The van der Waals surface area contributed by atoms with Crippen LogP contribution in [-0.2, 0) is 20.7 Å². The number of piperazine rings is 1. The maximum Gasteiger partial charge on any atom is 0.315 e. The summed E-state index contributed by atoms with van der Waals surface area (Å²) in [6, 6.07) is 10.4. The van der Waals surface area contributed by atoms with E-state index < -0.39 is 33.1 Å². The molecule has 1 atom stereocenters. The molecule has 0 unspecified atom stereocenters. The first-order valence-corrected chi connectivity index (χ1v) is 16.1. The van der Waals surface area contributed by atoms with Crippen molar-refractivity contribution in [1.29, 1.82) is 0 Å². The lowest BCUT2D eigenvalue weighted by Crippen LogP contribution is -2.49. The highest BCUT2D eigenvalue weighted by Gasteiger charge is 2.38. The van der Waals surface area contributed by atoms with E-state index in [0.717, 1.165) is 18.3 Å². The molecule has 12 nitrogen and oxygen atoms in total. The number of aromatic nitrogens is 2. The zero-order valence-corrected chi connectivity index (χ0v) is 25.8. The molecule has 5 N–H and O–H groups in total. The standard InChI is InChI=1S/C29H33ClF2N8O4S/c30-25-14-20(29(31,32)24-7-2-19(17-36-24)28(42)35-9-1-8-33)15-26(37-25)38-10-12-39(13-11-38)45(43,44)23-5-3-22(4-6-23)40-18-21(34)16-27(40)41/h2-7,14-15,17,21H,1,8-13,16,18,33-34H2,(H,35,42)/t21-/m1/s1. The largest absolute Gasteiger partial charge is 0.354 e. The van der Waals surface area contributed by atoms with Crippen LogP contribution in [0, 0.1) is 0 Å². The Hall–Kier alpha value is -3.76. The number of benzene rings is 1. The minimum absolute atomic E-state index is 0.0741. The highest BCUT2D eigenvalue weighted by molar-refractivity contribution is 7.89. The highest BCUT2D eigenvalue weighted by Crippen LogP contribution is 2.37. The second-order valence-corrected chi connectivity index (χ2v) is 13.1. The van der Waals surface area contributed by atoms with E-state index in [4.69, 9.17) is 23.1 Å². The normalized spacial score (nSPS) is 18.0. The van der Waals surface area contributed by atoms with Gasteiger partial charge >= 0.3 is 5.92 Å². The summed E-state index contributed by atoms with van der Waals surface area (Å²) in [4.78, 5) is 35.7. The van der Waals surface area contributed by atoms with Crippen molar-refractivity contribution in [3.05, 3.63) is 76.7 Å². The summed E-state index contributed by atoms with van der Waals surface area (Å²) in [5.74, 6) is -3.94. The third-order valence-electron chi connectivity index (χ3n) is 7.66. The number of hydrogen-bond acceptors (Lipinski definition) is 9. The van der Waals surface area contributed by atoms with Crippen molar-refractivity contribution in [3.63, 3.8) is 0 Å². The van der Waals surface area contributed by atoms with E-state index in [2.05, 4.69) is 15.3 Å². The molecule has 2 aliphatic rings. The summed E-state index contributed by atoms with van der Waals surface area (Å²) >= 11 is 6.16. The Morgan fingerprint density at radius 1 is 1.09 bits per heavy atom. The van der Waals surface area contributed by atoms with Crippen LogP contribution in [0.2, 0.25) is 5.15 Å². The molecule has 2 amide bonds. The molecule has 240 valence electrons. The van der Waals surface area contributed by atoms with Crippen molar-refractivity contribution >= 4 is 44.9 Å². The number of nitrogens with zero attached hydrogens (tertiary/aromatic N) is 5. The van der Waals surface area contributed by atoms with E-state index in [-0.39, 0.29) is 66.0 Å². The van der Waals surface area contributed by atoms with Crippen LogP contribution in [-0.4, -0.2) is 86.4 Å². The molecule has 4 heterocycles. The molecule has 0 radical (unpaired) electrons. The molecular formula is C29H33ClF2N8O4S. The SMILES string of the molecule is NCCCNC(=O)c1ccc(C(F)(F)c2cc(Cl)nc(N3CCN(S(=O)(=O)c4ccc(N5C[C@H](N)CC5=O)cc4)CC3)c2)nc1.